The minimum atomic E-state index is 0.275. The maximum absolute atomic E-state index is 5.67. The third-order valence-electron chi connectivity index (χ3n) is 3.41. The molecule has 0 saturated heterocycles. The highest BCUT2D eigenvalue weighted by atomic mass is 16.4. The lowest BCUT2D eigenvalue weighted by Gasteiger charge is -2.25. The van der Waals surface area contributed by atoms with Gasteiger partial charge in [-0.1, -0.05) is 34.6 Å². The van der Waals surface area contributed by atoms with E-state index in [4.69, 9.17) is 4.42 Å². The average Bonchev–Trinajstić information content (AvgIpc) is 2.71. The topological polar surface area (TPSA) is 51.0 Å². The fraction of sp³-hybridized carbons (Fsp3) is 0.857. The first-order chi connectivity index (χ1) is 8.43. The Kier molecular flexibility index (Phi) is 5.79. The van der Waals surface area contributed by atoms with E-state index in [1.165, 1.54) is 0 Å². The van der Waals surface area contributed by atoms with Crippen LogP contribution in [0.1, 0.15) is 52.8 Å². The van der Waals surface area contributed by atoms with Crippen molar-refractivity contribution < 1.29 is 4.42 Å². The summed E-state index contributed by atoms with van der Waals surface area (Å²) in [5, 5.41) is 11.5. The van der Waals surface area contributed by atoms with Crippen LogP contribution in [-0.2, 0) is 12.8 Å². The van der Waals surface area contributed by atoms with Crippen LogP contribution in [0, 0.1) is 11.3 Å². The largest absolute Gasteiger partial charge is 0.425 e. The Morgan fingerprint density at radius 1 is 1.17 bits per heavy atom. The monoisotopic (exact) mass is 253 g/mol. The molecule has 1 heterocycles. The minimum Gasteiger partial charge on any atom is -0.425 e. The first kappa shape index (κ1) is 15.2. The summed E-state index contributed by atoms with van der Waals surface area (Å²) in [4.78, 5) is 0. The quantitative estimate of drug-likeness (QED) is 0.759. The fourth-order valence-electron chi connectivity index (χ4n) is 1.54. The van der Waals surface area contributed by atoms with E-state index in [-0.39, 0.29) is 5.41 Å². The first-order valence-electron chi connectivity index (χ1n) is 6.95. The second kappa shape index (κ2) is 6.88. The van der Waals surface area contributed by atoms with E-state index in [0.717, 1.165) is 44.1 Å². The SMILES string of the molecule is CCCNCCc1nnc(CC(C)C(C)(C)C)o1. The van der Waals surface area contributed by atoms with Gasteiger partial charge in [-0.15, -0.1) is 10.2 Å². The summed E-state index contributed by atoms with van der Waals surface area (Å²) < 4.78 is 5.67. The second-order valence-corrected chi connectivity index (χ2v) is 6.06. The molecular weight excluding hydrogens is 226 g/mol. The Labute approximate surface area is 111 Å². The summed E-state index contributed by atoms with van der Waals surface area (Å²) in [6.07, 6.45) is 2.83. The number of rotatable bonds is 7. The number of nitrogens with zero attached hydrogens (tertiary/aromatic N) is 2. The first-order valence-corrected chi connectivity index (χ1v) is 6.95. The van der Waals surface area contributed by atoms with Crippen LogP contribution in [0.5, 0.6) is 0 Å². The van der Waals surface area contributed by atoms with E-state index >= 15 is 0 Å². The van der Waals surface area contributed by atoms with E-state index in [1.54, 1.807) is 0 Å². The Hall–Kier alpha value is -0.900. The summed E-state index contributed by atoms with van der Waals surface area (Å²) in [7, 11) is 0. The van der Waals surface area contributed by atoms with Gasteiger partial charge in [0.05, 0.1) is 0 Å². The molecule has 4 heteroatoms. The Morgan fingerprint density at radius 3 is 2.44 bits per heavy atom. The van der Waals surface area contributed by atoms with Gasteiger partial charge in [-0.05, 0) is 24.3 Å². The van der Waals surface area contributed by atoms with Gasteiger partial charge in [0, 0.05) is 19.4 Å². The molecule has 1 aromatic heterocycles. The zero-order valence-corrected chi connectivity index (χ0v) is 12.4. The number of hydrogen-bond acceptors (Lipinski definition) is 4. The molecule has 0 aliphatic heterocycles. The summed E-state index contributed by atoms with van der Waals surface area (Å²) >= 11 is 0. The maximum atomic E-state index is 5.67. The summed E-state index contributed by atoms with van der Waals surface area (Å²) in [5.41, 5.74) is 0.275. The molecule has 4 nitrogen and oxygen atoms in total. The van der Waals surface area contributed by atoms with E-state index in [0.29, 0.717) is 5.92 Å². The van der Waals surface area contributed by atoms with Crippen molar-refractivity contribution in [3.8, 4) is 0 Å². The Bertz CT molecular complexity index is 341. The van der Waals surface area contributed by atoms with Crippen LogP contribution >= 0.6 is 0 Å². The highest BCUT2D eigenvalue weighted by molar-refractivity contribution is 4.86. The third kappa shape index (κ3) is 5.17. The van der Waals surface area contributed by atoms with Gasteiger partial charge >= 0.3 is 0 Å². The molecule has 0 fully saturated rings. The van der Waals surface area contributed by atoms with Gasteiger partial charge in [0.2, 0.25) is 11.8 Å². The molecule has 1 unspecified atom stereocenters. The third-order valence-corrected chi connectivity index (χ3v) is 3.41. The predicted molar refractivity (Wildman–Crippen MR) is 73.5 cm³/mol. The summed E-state index contributed by atoms with van der Waals surface area (Å²) in [5.74, 6) is 2.04. The summed E-state index contributed by atoms with van der Waals surface area (Å²) in [6.45, 7) is 13.1. The van der Waals surface area contributed by atoms with Crippen LogP contribution in [0.3, 0.4) is 0 Å². The molecule has 0 radical (unpaired) electrons. The van der Waals surface area contributed by atoms with Gasteiger partial charge in [0.1, 0.15) is 0 Å². The van der Waals surface area contributed by atoms with Crippen molar-refractivity contribution in [1.29, 1.82) is 0 Å². The number of hydrogen-bond donors (Lipinski definition) is 1. The van der Waals surface area contributed by atoms with Crippen LogP contribution < -0.4 is 5.32 Å². The molecule has 104 valence electrons. The van der Waals surface area contributed by atoms with E-state index in [1.807, 2.05) is 0 Å². The van der Waals surface area contributed by atoms with E-state index < -0.39 is 0 Å². The lowest BCUT2D eigenvalue weighted by atomic mass is 9.80. The number of nitrogens with one attached hydrogen (secondary N) is 1. The molecule has 0 amide bonds. The lowest BCUT2D eigenvalue weighted by molar-refractivity contribution is 0.243. The van der Waals surface area contributed by atoms with Gasteiger partial charge < -0.3 is 9.73 Å². The molecule has 0 spiro atoms. The van der Waals surface area contributed by atoms with Crippen molar-refractivity contribution in [3.63, 3.8) is 0 Å². The van der Waals surface area contributed by atoms with Crippen molar-refractivity contribution in [1.82, 2.24) is 15.5 Å². The zero-order valence-electron chi connectivity index (χ0n) is 12.4. The number of aromatic nitrogens is 2. The Balaban J connectivity index is 2.39. The molecule has 1 aromatic rings. The van der Waals surface area contributed by atoms with E-state index in [2.05, 4.69) is 50.1 Å². The van der Waals surface area contributed by atoms with Crippen molar-refractivity contribution >= 4 is 0 Å². The van der Waals surface area contributed by atoms with Crippen LogP contribution in [-0.4, -0.2) is 23.3 Å². The lowest BCUT2D eigenvalue weighted by Crippen LogP contribution is -2.19. The zero-order chi connectivity index (χ0) is 13.6. The molecule has 0 bridgehead atoms. The van der Waals surface area contributed by atoms with Gasteiger partial charge in [0.15, 0.2) is 0 Å². The molecule has 1 rings (SSSR count). The predicted octanol–water partition coefficient (Wildman–Crippen LogP) is 2.84. The molecule has 0 aliphatic carbocycles. The van der Waals surface area contributed by atoms with Crippen molar-refractivity contribution in [2.45, 2.75) is 53.9 Å². The fourth-order valence-corrected chi connectivity index (χ4v) is 1.54. The van der Waals surface area contributed by atoms with Crippen LogP contribution in [0.4, 0.5) is 0 Å². The van der Waals surface area contributed by atoms with Gasteiger partial charge in [-0.25, -0.2) is 0 Å². The second-order valence-electron chi connectivity index (χ2n) is 6.06. The molecule has 0 aromatic carbocycles. The standard InChI is InChI=1S/C14H27N3O/c1-6-8-15-9-7-12-16-17-13(18-12)10-11(2)14(3,4)5/h11,15H,6-10H2,1-5H3. The molecule has 1 N–H and O–H groups in total. The van der Waals surface area contributed by atoms with Crippen LogP contribution in [0.2, 0.25) is 0 Å². The van der Waals surface area contributed by atoms with Crippen molar-refractivity contribution in [3.05, 3.63) is 11.8 Å². The molecule has 0 saturated carbocycles. The van der Waals surface area contributed by atoms with Crippen molar-refractivity contribution in [2.75, 3.05) is 13.1 Å². The van der Waals surface area contributed by atoms with Crippen LogP contribution in [0.25, 0.3) is 0 Å². The Morgan fingerprint density at radius 2 is 1.83 bits per heavy atom. The highest BCUT2D eigenvalue weighted by Crippen LogP contribution is 2.27. The van der Waals surface area contributed by atoms with Gasteiger partial charge in [-0.3, -0.25) is 0 Å². The van der Waals surface area contributed by atoms with Gasteiger partial charge in [0.25, 0.3) is 0 Å². The van der Waals surface area contributed by atoms with E-state index in [9.17, 15) is 0 Å². The van der Waals surface area contributed by atoms with Gasteiger partial charge in [-0.2, -0.15) is 0 Å². The molecule has 1 atom stereocenters. The van der Waals surface area contributed by atoms with Crippen molar-refractivity contribution in [2.24, 2.45) is 11.3 Å². The smallest absolute Gasteiger partial charge is 0.217 e. The molecule has 0 aliphatic rings. The van der Waals surface area contributed by atoms with Crippen LogP contribution in [0.15, 0.2) is 4.42 Å². The highest BCUT2D eigenvalue weighted by Gasteiger charge is 2.22. The summed E-state index contributed by atoms with van der Waals surface area (Å²) in [6, 6.07) is 0. The normalized spacial score (nSPS) is 13.8. The maximum Gasteiger partial charge on any atom is 0.217 e. The molecular formula is C14H27N3O. The minimum absolute atomic E-state index is 0.275. The average molecular weight is 253 g/mol. The molecule has 18 heavy (non-hydrogen) atoms.